The van der Waals surface area contributed by atoms with Gasteiger partial charge in [0.05, 0.1) is 0 Å². The van der Waals surface area contributed by atoms with E-state index in [1.54, 1.807) is 0 Å². The maximum atomic E-state index is 5.08. The van der Waals surface area contributed by atoms with Gasteiger partial charge in [0.15, 0.2) is 0 Å². The van der Waals surface area contributed by atoms with Crippen LogP contribution in [0.2, 0.25) is 0 Å². The van der Waals surface area contributed by atoms with E-state index in [1.807, 2.05) is 37.3 Å². The van der Waals surface area contributed by atoms with Crippen molar-refractivity contribution in [1.29, 1.82) is 0 Å². The molecule has 1 aliphatic rings. The molecular formula is C11H14O4. The Morgan fingerprint density at radius 2 is 1.67 bits per heavy atom. The fraction of sp³-hybridized carbons (Fsp3) is 0.455. The Morgan fingerprint density at radius 3 is 2.27 bits per heavy atom. The number of benzene rings is 1. The summed E-state index contributed by atoms with van der Waals surface area (Å²) >= 11 is 0. The van der Waals surface area contributed by atoms with Gasteiger partial charge in [-0.1, -0.05) is 43.7 Å². The average molecular weight is 210 g/mol. The Kier molecular flexibility index (Phi) is 3.69. The van der Waals surface area contributed by atoms with Crippen molar-refractivity contribution in [3.05, 3.63) is 35.9 Å². The van der Waals surface area contributed by atoms with Crippen molar-refractivity contribution in [2.75, 3.05) is 0 Å². The first-order valence-electron chi connectivity index (χ1n) is 5.09. The Bertz CT molecular complexity index is 280. The largest absolute Gasteiger partial charge is 0.249 e. The van der Waals surface area contributed by atoms with Crippen molar-refractivity contribution in [3.63, 3.8) is 0 Å². The summed E-state index contributed by atoms with van der Waals surface area (Å²) in [7, 11) is 0. The molecule has 15 heavy (non-hydrogen) atoms. The predicted octanol–water partition coefficient (Wildman–Crippen LogP) is 2.72. The van der Waals surface area contributed by atoms with Crippen LogP contribution >= 0.6 is 0 Å². The molecule has 4 heteroatoms. The van der Waals surface area contributed by atoms with Crippen LogP contribution in [0.3, 0.4) is 0 Å². The summed E-state index contributed by atoms with van der Waals surface area (Å²) < 4.78 is 0. The highest BCUT2D eigenvalue weighted by Crippen LogP contribution is 2.26. The van der Waals surface area contributed by atoms with E-state index in [9.17, 15) is 0 Å². The van der Waals surface area contributed by atoms with E-state index in [0.717, 1.165) is 18.4 Å². The maximum absolute atomic E-state index is 5.08. The van der Waals surface area contributed by atoms with Gasteiger partial charge >= 0.3 is 0 Å². The molecule has 2 rings (SSSR count). The molecule has 0 atom stereocenters. The van der Waals surface area contributed by atoms with Crippen molar-refractivity contribution in [3.8, 4) is 0 Å². The smallest absolute Gasteiger partial charge is 0.198 e. The molecular weight excluding hydrogens is 196 g/mol. The minimum Gasteiger partial charge on any atom is -0.198 e. The summed E-state index contributed by atoms with van der Waals surface area (Å²) in [5.41, 5.74) is 0.868. The zero-order chi connectivity index (χ0) is 10.5. The second-order valence-corrected chi connectivity index (χ2v) is 3.35. The van der Waals surface area contributed by atoms with E-state index in [4.69, 9.17) is 19.6 Å². The Morgan fingerprint density at radius 1 is 1.00 bits per heavy atom. The first-order chi connectivity index (χ1) is 7.40. The van der Waals surface area contributed by atoms with Crippen LogP contribution in [0.4, 0.5) is 0 Å². The van der Waals surface area contributed by atoms with E-state index in [-0.39, 0.29) is 0 Å². The molecule has 0 radical (unpaired) electrons. The molecule has 0 saturated carbocycles. The van der Waals surface area contributed by atoms with Gasteiger partial charge in [0, 0.05) is 12.0 Å². The molecule has 82 valence electrons. The maximum Gasteiger partial charge on any atom is 0.249 e. The quantitative estimate of drug-likeness (QED) is 0.719. The monoisotopic (exact) mass is 210 g/mol. The highest BCUT2D eigenvalue weighted by atomic mass is 17.4. The Hall–Kier alpha value is -0.940. The predicted molar refractivity (Wildman–Crippen MR) is 52.2 cm³/mol. The summed E-state index contributed by atoms with van der Waals surface area (Å²) in [5, 5.41) is 0. The lowest BCUT2D eigenvalue weighted by molar-refractivity contribution is -0.595. The van der Waals surface area contributed by atoms with Gasteiger partial charge in [0.2, 0.25) is 12.6 Å². The molecule has 0 spiro atoms. The lowest BCUT2D eigenvalue weighted by Crippen LogP contribution is -2.27. The highest BCUT2D eigenvalue weighted by Gasteiger charge is 2.25. The summed E-state index contributed by atoms with van der Waals surface area (Å²) in [5.74, 6) is 0. The molecule has 1 saturated heterocycles. The van der Waals surface area contributed by atoms with Gasteiger partial charge in [-0.25, -0.2) is 0 Å². The van der Waals surface area contributed by atoms with Crippen LogP contribution in [0, 0.1) is 0 Å². The van der Waals surface area contributed by atoms with Crippen LogP contribution in [0.5, 0.6) is 0 Å². The van der Waals surface area contributed by atoms with E-state index >= 15 is 0 Å². The third kappa shape index (κ3) is 2.76. The first kappa shape index (κ1) is 10.6. The second-order valence-electron chi connectivity index (χ2n) is 3.35. The molecule has 4 nitrogen and oxygen atoms in total. The van der Waals surface area contributed by atoms with E-state index < -0.39 is 12.6 Å². The average Bonchev–Trinajstić information content (AvgIpc) is 2.32. The lowest BCUT2D eigenvalue weighted by Gasteiger charge is -2.26. The van der Waals surface area contributed by atoms with Crippen LogP contribution in [-0.4, -0.2) is 6.29 Å². The SMILES string of the molecule is CCCC1OOC(c2ccccc2)OO1. The highest BCUT2D eigenvalue weighted by molar-refractivity contribution is 5.15. The van der Waals surface area contributed by atoms with Crippen molar-refractivity contribution >= 4 is 0 Å². The summed E-state index contributed by atoms with van der Waals surface area (Å²) in [6.07, 6.45) is 0.684. The van der Waals surface area contributed by atoms with Crippen molar-refractivity contribution in [2.24, 2.45) is 0 Å². The fourth-order valence-electron chi connectivity index (χ4n) is 1.31. The molecule has 0 unspecified atom stereocenters. The van der Waals surface area contributed by atoms with Gasteiger partial charge in [-0.2, -0.15) is 19.6 Å². The summed E-state index contributed by atoms with van der Waals surface area (Å²) in [6, 6.07) is 9.50. The van der Waals surface area contributed by atoms with Gasteiger partial charge in [-0.15, -0.1) is 0 Å². The second kappa shape index (κ2) is 5.23. The third-order valence-electron chi connectivity index (χ3n) is 2.10. The molecule has 0 bridgehead atoms. The number of rotatable bonds is 3. The Labute approximate surface area is 88.6 Å². The third-order valence-corrected chi connectivity index (χ3v) is 2.10. The molecule has 0 N–H and O–H groups in total. The minimum atomic E-state index is -0.598. The zero-order valence-corrected chi connectivity index (χ0v) is 8.59. The standard InChI is InChI=1S/C11H14O4/c1-2-6-10-12-14-11(15-13-10)9-7-4-3-5-8-9/h3-5,7-8,10-11H,2,6H2,1H3. The Balaban J connectivity index is 1.88. The molecule has 1 aliphatic heterocycles. The van der Waals surface area contributed by atoms with Crippen LogP contribution in [-0.2, 0) is 19.6 Å². The molecule has 1 aromatic rings. The van der Waals surface area contributed by atoms with Crippen molar-refractivity contribution in [2.45, 2.75) is 32.3 Å². The zero-order valence-electron chi connectivity index (χ0n) is 8.59. The summed E-state index contributed by atoms with van der Waals surface area (Å²) in [6.45, 7) is 2.04. The lowest BCUT2D eigenvalue weighted by atomic mass is 10.2. The molecule has 0 aliphatic carbocycles. The topological polar surface area (TPSA) is 36.9 Å². The summed E-state index contributed by atoms with van der Waals surface area (Å²) in [4.78, 5) is 20.2. The van der Waals surface area contributed by atoms with Crippen LogP contribution < -0.4 is 0 Å². The first-order valence-corrected chi connectivity index (χ1v) is 5.09. The van der Waals surface area contributed by atoms with Gasteiger partial charge in [0.1, 0.15) is 0 Å². The molecule has 1 heterocycles. The molecule has 0 aromatic heterocycles. The minimum absolute atomic E-state index is 0.421. The van der Waals surface area contributed by atoms with Crippen LogP contribution in [0.25, 0.3) is 0 Å². The van der Waals surface area contributed by atoms with E-state index in [1.165, 1.54) is 0 Å². The van der Waals surface area contributed by atoms with Gasteiger partial charge in [-0.3, -0.25) is 0 Å². The molecule has 0 amide bonds. The van der Waals surface area contributed by atoms with E-state index in [2.05, 4.69) is 0 Å². The van der Waals surface area contributed by atoms with Gasteiger partial charge < -0.3 is 0 Å². The van der Waals surface area contributed by atoms with Crippen molar-refractivity contribution in [1.82, 2.24) is 0 Å². The normalized spacial score (nSPS) is 26.5. The van der Waals surface area contributed by atoms with Crippen LogP contribution in [0.15, 0.2) is 30.3 Å². The van der Waals surface area contributed by atoms with Gasteiger partial charge in [0.25, 0.3) is 0 Å². The van der Waals surface area contributed by atoms with Crippen LogP contribution in [0.1, 0.15) is 31.6 Å². The number of hydrogen-bond acceptors (Lipinski definition) is 4. The van der Waals surface area contributed by atoms with Crippen molar-refractivity contribution < 1.29 is 19.6 Å². The molecule has 1 fully saturated rings. The fourth-order valence-corrected chi connectivity index (χ4v) is 1.31. The van der Waals surface area contributed by atoms with Gasteiger partial charge in [-0.05, 0) is 0 Å². The molecule has 1 aromatic carbocycles. The van der Waals surface area contributed by atoms with E-state index in [0.29, 0.717) is 0 Å². The number of hydrogen-bond donors (Lipinski definition) is 0.